The van der Waals surface area contributed by atoms with E-state index in [9.17, 15) is 9.90 Å². The van der Waals surface area contributed by atoms with E-state index in [0.29, 0.717) is 6.54 Å². The normalized spacial score (nSPS) is 11.4. The van der Waals surface area contributed by atoms with Gasteiger partial charge in [-0.05, 0) is 38.5 Å². The number of allylic oxidation sites excluding steroid dienone is 2. The molecule has 0 aliphatic heterocycles. The highest BCUT2D eigenvalue weighted by Gasteiger charge is 2.11. The summed E-state index contributed by atoms with van der Waals surface area (Å²) in [6, 6.07) is -0.00337. The third-order valence-electron chi connectivity index (χ3n) is 7.15. The summed E-state index contributed by atoms with van der Waals surface area (Å²) in [5.41, 5.74) is 0. The number of hydrogen-bond donors (Lipinski definition) is 2. The molecule has 0 saturated heterocycles. The molecule has 214 valence electrons. The van der Waals surface area contributed by atoms with Crippen molar-refractivity contribution in [3.63, 3.8) is 0 Å². The van der Waals surface area contributed by atoms with Crippen molar-refractivity contribution < 1.29 is 9.90 Å². The number of carbonyl (C=O) groups is 1. The summed E-state index contributed by atoms with van der Waals surface area (Å²) in [5.74, 6) is 0. The van der Waals surface area contributed by atoms with E-state index in [2.05, 4.69) is 31.3 Å². The zero-order valence-electron chi connectivity index (χ0n) is 24.5. The second kappa shape index (κ2) is 30.2. The number of nitrogens with one attached hydrogen (secondary N) is 1. The van der Waals surface area contributed by atoms with Crippen LogP contribution in [0.15, 0.2) is 12.2 Å². The Hall–Kier alpha value is -1.03. The highest BCUT2D eigenvalue weighted by atomic mass is 16.3. The van der Waals surface area contributed by atoms with Gasteiger partial charge in [0.15, 0.2) is 0 Å². The molecule has 0 bridgehead atoms. The van der Waals surface area contributed by atoms with Gasteiger partial charge in [-0.1, -0.05) is 135 Å². The van der Waals surface area contributed by atoms with Crippen LogP contribution < -0.4 is 5.32 Å². The van der Waals surface area contributed by atoms with Gasteiger partial charge in [-0.2, -0.15) is 0 Å². The molecule has 0 aliphatic carbocycles. The van der Waals surface area contributed by atoms with Gasteiger partial charge in [0.1, 0.15) is 0 Å². The molecule has 36 heavy (non-hydrogen) atoms. The van der Waals surface area contributed by atoms with Gasteiger partial charge in [-0.25, -0.2) is 4.79 Å². The minimum atomic E-state index is -0.00337. The SMILES string of the molecule is CCCCCCCCC=CCCCCCCCCNC(=O)N(CCO)CCCCCCCCCCC. The third kappa shape index (κ3) is 26.0. The molecule has 4 heteroatoms. The summed E-state index contributed by atoms with van der Waals surface area (Å²) in [6.07, 6.45) is 34.5. The molecule has 2 N–H and O–H groups in total. The number of hydrogen-bond acceptors (Lipinski definition) is 2. The molecule has 0 saturated carbocycles. The predicted molar refractivity (Wildman–Crippen MR) is 159 cm³/mol. The number of carbonyl (C=O) groups excluding carboxylic acids is 1. The van der Waals surface area contributed by atoms with E-state index in [1.165, 1.54) is 135 Å². The zero-order chi connectivity index (χ0) is 26.4. The Morgan fingerprint density at radius 1 is 0.583 bits per heavy atom. The van der Waals surface area contributed by atoms with E-state index in [4.69, 9.17) is 0 Å². The first kappa shape index (κ1) is 35.0. The quantitative estimate of drug-likeness (QED) is 0.0816. The predicted octanol–water partition coefficient (Wildman–Crippen LogP) is 9.56. The highest BCUT2D eigenvalue weighted by molar-refractivity contribution is 5.74. The highest BCUT2D eigenvalue weighted by Crippen LogP contribution is 2.11. The summed E-state index contributed by atoms with van der Waals surface area (Å²) in [6.45, 7) is 6.52. The molecule has 0 unspecified atom stereocenters. The second-order valence-corrected chi connectivity index (χ2v) is 10.7. The lowest BCUT2D eigenvalue weighted by molar-refractivity contribution is 0.175. The summed E-state index contributed by atoms with van der Waals surface area (Å²) >= 11 is 0. The first-order chi connectivity index (χ1) is 17.8. The van der Waals surface area contributed by atoms with Crippen molar-refractivity contribution in [1.82, 2.24) is 10.2 Å². The number of amides is 2. The van der Waals surface area contributed by atoms with E-state index in [1.54, 1.807) is 4.90 Å². The summed E-state index contributed by atoms with van der Waals surface area (Å²) in [4.78, 5) is 14.3. The molecular weight excluding hydrogens is 444 g/mol. The third-order valence-corrected chi connectivity index (χ3v) is 7.15. The number of unbranched alkanes of at least 4 members (excludes halogenated alkanes) is 20. The van der Waals surface area contributed by atoms with Crippen molar-refractivity contribution in [3.05, 3.63) is 12.2 Å². The van der Waals surface area contributed by atoms with Gasteiger partial charge in [-0.15, -0.1) is 0 Å². The van der Waals surface area contributed by atoms with Gasteiger partial charge in [-0.3, -0.25) is 0 Å². The summed E-state index contributed by atoms with van der Waals surface area (Å²) in [7, 11) is 0. The fourth-order valence-corrected chi connectivity index (χ4v) is 4.73. The zero-order valence-corrected chi connectivity index (χ0v) is 24.5. The molecule has 0 aliphatic rings. The molecular formula is C32H64N2O2. The van der Waals surface area contributed by atoms with Crippen LogP contribution in [0.5, 0.6) is 0 Å². The van der Waals surface area contributed by atoms with E-state index >= 15 is 0 Å². The maximum absolute atomic E-state index is 12.5. The lowest BCUT2D eigenvalue weighted by Crippen LogP contribution is -2.42. The molecule has 4 nitrogen and oxygen atoms in total. The monoisotopic (exact) mass is 508 g/mol. The molecule has 0 heterocycles. The Labute approximate surface area is 226 Å². The van der Waals surface area contributed by atoms with Crippen molar-refractivity contribution in [2.45, 2.75) is 162 Å². The molecule has 0 radical (unpaired) electrons. The molecule has 2 amide bonds. The van der Waals surface area contributed by atoms with Crippen LogP contribution in [0.2, 0.25) is 0 Å². The topological polar surface area (TPSA) is 52.6 Å². The summed E-state index contributed by atoms with van der Waals surface area (Å²) in [5, 5.41) is 12.4. The van der Waals surface area contributed by atoms with Crippen molar-refractivity contribution in [2.75, 3.05) is 26.2 Å². The van der Waals surface area contributed by atoms with Gasteiger partial charge >= 0.3 is 6.03 Å². The van der Waals surface area contributed by atoms with Crippen molar-refractivity contribution >= 4 is 6.03 Å². The van der Waals surface area contributed by atoms with Crippen LogP contribution in [0.3, 0.4) is 0 Å². The molecule has 0 aromatic rings. The molecule has 0 rings (SSSR count). The van der Waals surface area contributed by atoms with Crippen molar-refractivity contribution in [3.8, 4) is 0 Å². The first-order valence-corrected chi connectivity index (χ1v) is 16.0. The molecule has 0 atom stereocenters. The van der Waals surface area contributed by atoms with Crippen molar-refractivity contribution in [2.24, 2.45) is 0 Å². The average molecular weight is 509 g/mol. The lowest BCUT2D eigenvalue weighted by Gasteiger charge is -2.22. The average Bonchev–Trinajstić information content (AvgIpc) is 2.88. The van der Waals surface area contributed by atoms with Gasteiger partial charge in [0.25, 0.3) is 0 Å². The van der Waals surface area contributed by atoms with Crippen LogP contribution >= 0.6 is 0 Å². The van der Waals surface area contributed by atoms with Crippen LogP contribution in [0.4, 0.5) is 4.79 Å². The number of nitrogens with zero attached hydrogens (tertiary/aromatic N) is 1. The molecule has 0 fully saturated rings. The largest absolute Gasteiger partial charge is 0.395 e. The van der Waals surface area contributed by atoms with Crippen LogP contribution in [0.25, 0.3) is 0 Å². The minimum absolute atomic E-state index is 0.00337. The Balaban J connectivity index is 3.54. The standard InChI is InChI=1S/C32H64N2O2/c1-3-5-7-9-11-13-14-15-16-17-18-19-20-22-24-26-28-33-32(36)34(30-31-35)29-27-25-23-21-12-10-8-6-4-2/h15-16,35H,3-14,17-31H2,1-2H3,(H,33,36). The number of urea groups is 1. The van der Waals surface area contributed by atoms with Crippen molar-refractivity contribution in [1.29, 1.82) is 0 Å². The number of aliphatic hydroxyl groups is 1. The Morgan fingerprint density at radius 2 is 1.00 bits per heavy atom. The van der Waals surface area contributed by atoms with Gasteiger partial charge in [0.2, 0.25) is 0 Å². The van der Waals surface area contributed by atoms with E-state index in [0.717, 1.165) is 25.9 Å². The fourth-order valence-electron chi connectivity index (χ4n) is 4.73. The molecule has 0 spiro atoms. The maximum Gasteiger partial charge on any atom is 0.317 e. The van der Waals surface area contributed by atoms with E-state index in [-0.39, 0.29) is 12.6 Å². The maximum atomic E-state index is 12.5. The van der Waals surface area contributed by atoms with Gasteiger partial charge in [0.05, 0.1) is 6.61 Å². The smallest absolute Gasteiger partial charge is 0.317 e. The molecule has 0 aromatic carbocycles. The van der Waals surface area contributed by atoms with Crippen LogP contribution in [0.1, 0.15) is 162 Å². The van der Waals surface area contributed by atoms with Crippen LogP contribution in [0, 0.1) is 0 Å². The second-order valence-electron chi connectivity index (χ2n) is 10.7. The van der Waals surface area contributed by atoms with Gasteiger partial charge in [0, 0.05) is 19.6 Å². The summed E-state index contributed by atoms with van der Waals surface area (Å²) < 4.78 is 0. The fraction of sp³-hybridized carbons (Fsp3) is 0.906. The van der Waals surface area contributed by atoms with E-state index in [1.807, 2.05) is 0 Å². The number of aliphatic hydroxyl groups excluding tert-OH is 1. The molecule has 0 aromatic heterocycles. The van der Waals surface area contributed by atoms with Crippen LogP contribution in [-0.4, -0.2) is 42.3 Å². The minimum Gasteiger partial charge on any atom is -0.395 e. The Morgan fingerprint density at radius 3 is 1.47 bits per heavy atom. The van der Waals surface area contributed by atoms with Gasteiger partial charge < -0.3 is 15.3 Å². The Bertz CT molecular complexity index is 467. The Kier molecular flexibility index (Phi) is 29.3. The van der Waals surface area contributed by atoms with Crippen LogP contribution in [-0.2, 0) is 0 Å². The lowest BCUT2D eigenvalue weighted by atomic mass is 10.1. The van der Waals surface area contributed by atoms with E-state index < -0.39 is 0 Å². The number of rotatable bonds is 28. The first-order valence-electron chi connectivity index (χ1n) is 16.0.